The normalized spacial score (nSPS) is 25.1. The third kappa shape index (κ3) is 1.75. The van der Waals surface area contributed by atoms with Gasteiger partial charge in [-0.3, -0.25) is 4.90 Å². The molecule has 18 heavy (non-hydrogen) atoms. The van der Waals surface area contributed by atoms with Crippen molar-refractivity contribution in [2.75, 3.05) is 0 Å². The maximum atomic E-state index is 11.8. The number of allylic oxidation sites excluding steroid dienone is 3. The molecule has 0 aromatic heterocycles. The average molecular weight is 240 g/mol. The second kappa shape index (κ2) is 4.03. The molecule has 1 unspecified atom stereocenters. The molecule has 2 amide bonds. The van der Waals surface area contributed by atoms with Crippen molar-refractivity contribution in [2.24, 2.45) is 4.99 Å². The summed E-state index contributed by atoms with van der Waals surface area (Å²) in [7, 11) is 0. The third-order valence-electron chi connectivity index (χ3n) is 2.80. The smallest absolute Gasteiger partial charge is 0.331 e. The second-order valence-electron chi connectivity index (χ2n) is 4.07. The Bertz CT molecular complexity index is 553. The van der Waals surface area contributed by atoms with Crippen LogP contribution >= 0.6 is 0 Å². The Morgan fingerprint density at radius 3 is 3.06 bits per heavy atom. The van der Waals surface area contributed by atoms with Gasteiger partial charge in [0.1, 0.15) is 0 Å². The van der Waals surface area contributed by atoms with E-state index in [-0.39, 0.29) is 12.1 Å². The minimum absolute atomic E-state index is 0.130. The van der Waals surface area contributed by atoms with Gasteiger partial charge in [-0.25, -0.2) is 9.79 Å². The fraction of sp³-hybridized carbons (Fsp3) is 0.0769. The first-order valence-corrected chi connectivity index (χ1v) is 5.60. The summed E-state index contributed by atoms with van der Waals surface area (Å²) >= 11 is 0. The molecule has 3 rings (SSSR count). The summed E-state index contributed by atoms with van der Waals surface area (Å²) in [5.41, 5.74) is 0.579. The Labute approximate surface area is 105 Å². The van der Waals surface area contributed by atoms with Gasteiger partial charge in [0.2, 0.25) is 0 Å². The molecule has 90 valence electrons. The summed E-state index contributed by atoms with van der Waals surface area (Å²) in [6, 6.07) is -0.119. The Hall–Kier alpha value is -2.56. The summed E-state index contributed by atoms with van der Waals surface area (Å²) in [4.78, 5) is 19.6. The van der Waals surface area contributed by atoms with E-state index < -0.39 is 0 Å². The topological polar surface area (TPSA) is 47.9 Å². The van der Waals surface area contributed by atoms with E-state index >= 15 is 0 Å². The number of fused-ring (bicyclic) bond motifs is 1. The molecular formula is C13H12N4O. The number of aliphatic imine (C=N–C) groups is 1. The van der Waals surface area contributed by atoms with Gasteiger partial charge in [-0.15, -0.1) is 0 Å². The van der Waals surface area contributed by atoms with E-state index in [9.17, 15) is 4.79 Å². The maximum absolute atomic E-state index is 11.8. The number of nitrogens with zero attached hydrogens (tertiary/aromatic N) is 3. The van der Waals surface area contributed by atoms with E-state index in [1.165, 1.54) is 4.90 Å². The zero-order valence-electron chi connectivity index (χ0n) is 9.65. The first-order valence-electron chi connectivity index (χ1n) is 5.60. The molecular weight excluding hydrogens is 228 g/mol. The standard InChI is InChI=1S/C13H12N4O/c1-10-5-7-17(13(18)15-10)12-9-16-6-3-2-4-11(16)8-14-12/h2-9,11H,1H2,(H,15,18). The van der Waals surface area contributed by atoms with Gasteiger partial charge in [0.15, 0.2) is 5.82 Å². The molecule has 0 saturated heterocycles. The molecule has 0 bridgehead atoms. The maximum Gasteiger partial charge on any atom is 0.331 e. The Morgan fingerprint density at radius 2 is 2.22 bits per heavy atom. The minimum Gasteiger partial charge on any atom is -0.339 e. The lowest BCUT2D eigenvalue weighted by Crippen LogP contribution is -2.40. The molecule has 5 nitrogen and oxygen atoms in total. The lowest BCUT2D eigenvalue weighted by molar-refractivity contribution is 0.224. The van der Waals surface area contributed by atoms with Crippen LogP contribution in [0, 0.1) is 0 Å². The van der Waals surface area contributed by atoms with Crippen molar-refractivity contribution in [3.8, 4) is 0 Å². The van der Waals surface area contributed by atoms with Crippen molar-refractivity contribution in [1.82, 2.24) is 15.1 Å². The predicted molar refractivity (Wildman–Crippen MR) is 69.1 cm³/mol. The number of hydrogen-bond acceptors (Lipinski definition) is 3. The fourth-order valence-corrected chi connectivity index (χ4v) is 1.88. The van der Waals surface area contributed by atoms with Gasteiger partial charge in [0, 0.05) is 30.5 Å². The molecule has 5 heteroatoms. The highest BCUT2D eigenvalue weighted by Crippen LogP contribution is 2.20. The minimum atomic E-state index is -0.249. The molecule has 0 saturated carbocycles. The van der Waals surface area contributed by atoms with Gasteiger partial charge < -0.3 is 10.2 Å². The Balaban J connectivity index is 1.88. The van der Waals surface area contributed by atoms with Crippen LogP contribution in [0.25, 0.3) is 0 Å². The summed E-state index contributed by atoms with van der Waals surface area (Å²) in [5.74, 6) is 0.576. The van der Waals surface area contributed by atoms with Crippen molar-refractivity contribution in [3.05, 3.63) is 61.0 Å². The van der Waals surface area contributed by atoms with E-state index in [1.807, 2.05) is 35.5 Å². The molecule has 0 radical (unpaired) electrons. The quantitative estimate of drug-likeness (QED) is 0.758. The Morgan fingerprint density at radius 1 is 1.33 bits per heavy atom. The summed E-state index contributed by atoms with van der Waals surface area (Å²) < 4.78 is 0. The molecule has 0 aliphatic carbocycles. The molecule has 0 aromatic rings. The Kier molecular flexibility index (Phi) is 2.37. The number of amides is 2. The third-order valence-corrected chi connectivity index (χ3v) is 2.80. The van der Waals surface area contributed by atoms with Crippen molar-refractivity contribution in [3.63, 3.8) is 0 Å². The van der Waals surface area contributed by atoms with E-state index in [1.54, 1.807) is 18.5 Å². The molecule has 1 N–H and O–H groups in total. The summed E-state index contributed by atoms with van der Waals surface area (Å²) in [6.45, 7) is 3.68. The lowest BCUT2D eigenvalue weighted by atomic mass is 10.2. The molecule has 0 aromatic carbocycles. The number of nitrogens with one attached hydrogen (secondary N) is 1. The molecule has 0 fully saturated rings. The fourth-order valence-electron chi connectivity index (χ4n) is 1.88. The van der Waals surface area contributed by atoms with E-state index in [2.05, 4.69) is 16.9 Å². The lowest BCUT2D eigenvalue weighted by Gasteiger charge is -2.31. The summed E-state index contributed by atoms with van der Waals surface area (Å²) in [5, 5.41) is 2.64. The van der Waals surface area contributed by atoms with Crippen LogP contribution in [0.3, 0.4) is 0 Å². The number of urea groups is 1. The average Bonchev–Trinajstić information content (AvgIpc) is 2.38. The van der Waals surface area contributed by atoms with E-state index in [4.69, 9.17) is 0 Å². The summed E-state index contributed by atoms with van der Waals surface area (Å²) in [6.07, 6.45) is 14.9. The van der Waals surface area contributed by atoms with Gasteiger partial charge >= 0.3 is 6.03 Å². The van der Waals surface area contributed by atoms with Gasteiger partial charge in [0.05, 0.1) is 6.04 Å². The van der Waals surface area contributed by atoms with Crippen molar-refractivity contribution in [2.45, 2.75) is 6.04 Å². The van der Waals surface area contributed by atoms with Crippen molar-refractivity contribution >= 4 is 12.2 Å². The zero-order valence-corrected chi connectivity index (χ0v) is 9.65. The molecule has 3 heterocycles. The SMILES string of the molecule is C=C1C=CN(C2=CN3C=CC=CC3C=N2)C(=O)N1. The highest BCUT2D eigenvalue weighted by molar-refractivity contribution is 5.82. The van der Waals surface area contributed by atoms with Crippen LogP contribution in [-0.4, -0.2) is 28.1 Å². The number of carbonyl (C=O) groups excluding carboxylic acids is 1. The predicted octanol–water partition coefficient (Wildman–Crippen LogP) is 1.68. The molecule has 3 aliphatic heterocycles. The van der Waals surface area contributed by atoms with Crippen LogP contribution in [-0.2, 0) is 0 Å². The van der Waals surface area contributed by atoms with Crippen LogP contribution in [0.4, 0.5) is 4.79 Å². The number of rotatable bonds is 1. The van der Waals surface area contributed by atoms with Crippen LogP contribution < -0.4 is 5.32 Å². The molecule has 3 aliphatic rings. The van der Waals surface area contributed by atoms with Crippen molar-refractivity contribution < 1.29 is 4.79 Å². The van der Waals surface area contributed by atoms with Crippen LogP contribution in [0.5, 0.6) is 0 Å². The number of hydrogen-bond donors (Lipinski definition) is 1. The van der Waals surface area contributed by atoms with Crippen LogP contribution in [0.2, 0.25) is 0 Å². The van der Waals surface area contributed by atoms with Gasteiger partial charge in [-0.1, -0.05) is 18.7 Å². The van der Waals surface area contributed by atoms with Gasteiger partial charge in [-0.05, 0) is 12.2 Å². The zero-order chi connectivity index (χ0) is 12.5. The van der Waals surface area contributed by atoms with Gasteiger partial charge in [0.25, 0.3) is 0 Å². The second-order valence-corrected chi connectivity index (χ2v) is 4.07. The first kappa shape index (κ1) is 10.6. The highest BCUT2D eigenvalue weighted by Gasteiger charge is 2.23. The van der Waals surface area contributed by atoms with Crippen LogP contribution in [0.1, 0.15) is 0 Å². The van der Waals surface area contributed by atoms with Crippen molar-refractivity contribution in [1.29, 1.82) is 0 Å². The molecule has 0 spiro atoms. The molecule has 1 atom stereocenters. The first-order chi connectivity index (χ1) is 8.74. The highest BCUT2D eigenvalue weighted by atomic mass is 16.2. The largest absolute Gasteiger partial charge is 0.339 e. The van der Waals surface area contributed by atoms with E-state index in [0.717, 1.165) is 0 Å². The van der Waals surface area contributed by atoms with Gasteiger partial charge in [-0.2, -0.15) is 0 Å². The monoisotopic (exact) mass is 240 g/mol. The van der Waals surface area contributed by atoms with Crippen LogP contribution in [0.15, 0.2) is 66.0 Å². The number of carbonyl (C=O) groups is 1. The van der Waals surface area contributed by atoms with E-state index in [0.29, 0.717) is 11.5 Å².